The molecule has 4 heteroatoms. The summed E-state index contributed by atoms with van der Waals surface area (Å²) < 4.78 is 2.06. The van der Waals surface area contributed by atoms with E-state index in [1.807, 2.05) is 18.2 Å². The third-order valence-corrected chi connectivity index (χ3v) is 4.22. The zero-order valence-electron chi connectivity index (χ0n) is 7.39. The maximum absolute atomic E-state index is 11.0. The second-order valence-corrected chi connectivity index (χ2v) is 5.04. The molecule has 1 saturated heterocycles. The van der Waals surface area contributed by atoms with Crippen molar-refractivity contribution in [2.75, 3.05) is 0 Å². The molecular weight excluding hydrogens is 310 g/mol. The van der Waals surface area contributed by atoms with E-state index in [0.717, 1.165) is 20.9 Å². The lowest BCUT2D eigenvalue weighted by Crippen LogP contribution is -2.18. The van der Waals surface area contributed by atoms with Gasteiger partial charge in [-0.1, -0.05) is 6.07 Å². The molecule has 1 fully saturated rings. The molecule has 1 heterocycles. The Morgan fingerprint density at radius 3 is 2.64 bits per heavy atom. The number of nitrogens with one attached hydrogen (secondary N) is 1. The molecule has 1 amide bonds. The maximum atomic E-state index is 11.0. The molecule has 1 atom stereocenters. The lowest BCUT2D eigenvalue weighted by molar-refractivity contribution is -0.119. The van der Waals surface area contributed by atoms with Crippen molar-refractivity contribution in [3.05, 3.63) is 32.7 Å². The average Bonchev–Trinajstić information content (AvgIpc) is 2.57. The maximum Gasteiger partial charge on any atom is 0.220 e. The number of hydrogen-bond acceptors (Lipinski definition) is 1. The third-order valence-electron chi connectivity index (χ3n) is 2.34. The van der Waals surface area contributed by atoms with Gasteiger partial charge in [0.25, 0.3) is 0 Å². The number of halogens is 2. The Morgan fingerprint density at radius 2 is 2.07 bits per heavy atom. The summed E-state index contributed by atoms with van der Waals surface area (Å²) in [6.07, 6.45) is 1.53. The zero-order chi connectivity index (χ0) is 10.1. The topological polar surface area (TPSA) is 29.1 Å². The molecule has 1 aromatic carbocycles. The summed E-state index contributed by atoms with van der Waals surface area (Å²) in [6.45, 7) is 0. The van der Waals surface area contributed by atoms with Crippen molar-refractivity contribution in [2.24, 2.45) is 0 Å². The Bertz CT molecular complexity index is 378. The van der Waals surface area contributed by atoms with Crippen molar-refractivity contribution in [3.63, 3.8) is 0 Å². The predicted octanol–water partition coefficient (Wildman–Crippen LogP) is 3.16. The van der Waals surface area contributed by atoms with Crippen LogP contribution in [-0.2, 0) is 4.79 Å². The predicted molar refractivity (Wildman–Crippen MR) is 62.0 cm³/mol. The van der Waals surface area contributed by atoms with E-state index in [1.54, 1.807) is 0 Å². The van der Waals surface area contributed by atoms with Gasteiger partial charge in [-0.2, -0.15) is 0 Å². The van der Waals surface area contributed by atoms with Crippen LogP contribution in [0.15, 0.2) is 27.1 Å². The highest BCUT2D eigenvalue weighted by Gasteiger charge is 2.22. The molecular formula is C10H9Br2NO. The highest BCUT2D eigenvalue weighted by atomic mass is 79.9. The minimum Gasteiger partial charge on any atom is -0.349 e. The molecule has 0 spiro atoms. The molecule has 0 aliphatic carbocycles. The molecule has 2 nitrogen and oxygen atoms in total. The lowest BCUT2D eigenvalue weighted by atomic mass is 10.1. The number of hydrogen-bond donors (Lipinski definition) is 1. The minimum absolute atomic E-state index is 0.147. The SMILES string of the molecule is O=C1CC[C@H](c2ccc(Br)c(Br)c2)N1. The number of benzene rings is 1. The molecule has 0 bridgehead atoms. The average molecular weight is 319 g/mol. The Balaban J connectivity index is 2.24. The molecule has 14 heavy (non-hydrogen) atoms. The number of amides is 1. The molecule has 1 aliphatic heterocycles. The van der Waals surface area contributed by atoms with Crippen LogP contribution in [0, 0.1) is 0 Å². The van der Waals surface area contributed by atoms with Crippen LogP contribution in [0.4, 0.5) is 0 Å². The lowest BCUT2D eigenvalue weighted by Gasteiger charge is -2.10. The fraction of sp³-hybridized carbons (Fsp3) is 0.300. The third kappa shape index (κ3) is 2.01. The molecule has 0 saturated carbocycles. The first kappa shape index (κ1) is 10.2. The highest BCUT2D eigenvalue weighted by molar-refractivity contribution is 9.13. The van der Waals surface area contributed by atoms with Gasteiger partial charge in [0.05, 0.1) is 6.04 Å². The van der Waals surface area contributed by atoms with E-state index in [4.69, 9.17) is 0 Å². The van der Waals surface area contributed by atoms with Gasteiger partial charge in [0.2, 0.25) is 5.91 Å². The summed E-state index contributed by atoms with van der Waals surface area (Å²) >= 11 is 6.86. The van der Waals surface area contributed by atoms with E-state index < -0.39 is 0 Å². The molecule has 2 rings (SSSR count). The van der Waals surface area contributed by atoms with Gasteiger partial charge < -0.3 is 5.32 Å². The number of carbonyl (C=O) groups excluding carboxylic acids is 1. The van der Waals surface area contributed by atoms with Crippen LogP contribution in [0.2, 0.25) is 0 Å². The van der Waals surface area contributed by atoms with Gasteiger partial charge in [-0.3, -0.25) is 4.79 Å². The van der Waals surface area contributed by atoms with Gasteiger partial charge >= 0.3 is 0 Å². The summed E-state index contributed by atoms with van der Waals surface area (Å²) in [7, 11) is 0. The fourth-order valence-corrected chi connectivity index (χ4v) is 2.24. The Hall–Kier alpha value is -0.350. The van der Waals surface area contributed by atoms with Crippen molar-refractivity contribution in [1.29, 1.82) is 0 Å². The Labute approximate surface area is 99.3 Å². The van der Waals surface area contributed by atoms with Crippen LogP contribution < -0.4 is 5.32 Å². The largest absolute Gasteiger partial charge is 0.349 e. The first-order valence-corrected chi connectivity index (χ1v) is 6.00. The monoisotopic (exact) mass is 317 g/mol. The molecule has 0 aromatic heterocycles. The van der Waals surface area contributed by atoms with Crippen molar-refractivity contribution < 1.29 is 4.79 Å². The van der Waals surface area contributed by atoms with Crippen LogP contribution in [0.5, 0.6) is 0 Å². The summed E-state index contributed by atoms with van der Waals surface area (Å²) in [5, 5.41) is 2.94. The standard InChI is InChI=1S/C10H9Br2NO/c11-7-2-1-6(5-8(7)12)9-3-4-10(14)13-9/h1-2,5,9H,3-4H2,(H,13,14)/t9-/m1/s1. The van der Waals surface area contributed by atoms with Crippen LogP contribution in [0.25, 0.3) is 0 Å². The highest BCUT2D eigenvalue weighted by Crippen LogP contribution is 2.29. The van der Waals surface area contributed by atoms with E-state index >= 15 is 0 Å². The zero-order valence-corrected chi connectivity index (χ0v) is 10.6. The number of rotatable bonds is 1. The fourth-order valence-electron chi connectivity index (χ4n) is 1.59. The van der Waals surface area contributed by atoms with E-state index in [2.05, 4.69) is 37.2 Å². The summed E-state index contributed by atoms with van der Waals surface area (Å²) in [4.78, 5) is 11.0. The van der Waals surface area contributed by atoms with E-state index in [9.17, 15) is 4.79 Å². The van der Waals surface area contributed by atoms with Crippen LogP contribution in [-0.4, -0.2) is 5.91 Å². The van der Waals surface area contributed by atoms with Crippen LogP contribution in [0.3, 0.4) is 0 Å². The number of carbonyl (C=O) groups is 1. The Morgan fingerprint density at radius 1 is 1.29 bits per heavy atom. The van der Waals surface area contributed by atoms with Crippen molar-refractivity contribution in [3.8, 4) is 0 Å². The van der Waals surface area contributed by atoms with E-state index in [0.29, 0.717) is 6.42 Å². The van der Waals surface area contributed by atoms with Crippen molar-refractivity contribution in [2.45, 2.75) is 18.9 Å². The van der Waals surface area contributed by atoms with Crippen LogP contribution in [0.1, 0.15) is 24.4 Å². The molecule has 0 unspecified atom stereocenters. The minimum atomic E-state index is 0.147. The van der Waals surface area contributed by atoms with Gasteiger partial charge in [0.1, 0.15) is 0 Å². The summed E-state index contributed by atoms with van der Waals surface area (Å²) in [6, 6.07) is 6.25. The summed E-state index contributed by atoms with van der Waals surface area (Å²) in [5.74, 6) is 0.147. The Kier molecular flexibility index (Phi) is 2.93. The van der Waals surface area contributed by atoms with Crippen LogP contribution >= 0.6 is 31.9 Å². The summed E-state index contributed by atoms with van der Waals surface area (Å²) in [5.41, 5.74) is 1.16. The molecule has 1 aromatic rings. The first-order valence-electron chi connectivity index (χ1n) is 4.41. The van der Waals surface area contributed by atoms with Crippen molar-refractivity contribution in [1.82, 2.24) is 5.32 Å². The molecule has 74 valence electrons. The van der Waals surface area contributed by atoms with E-state index in [1.165, 1.54) is 0 Å². The molecule has 1 aliphatic rings. The van der Waals surface area contributed by atoms with Gasteiger partial charge in [-0.05, 0) is 56.0 Å². The smallest absolute Gasteiger partial charge is 0.220 e. The first-order chi connectivity index (χ1) is 6.66. The second kappa shape index (κ2) is 4.03. The van der Waals surface area contributed by atoms with Gasteiger partial charge in [0, 0.05) is 15.4 Å². The normalized spacial score (nSPS) is 21.0. The molecule has 0 radical (unpaired) electrons. The van der Waals surface area contributed by atoms with Gasteiger partial charge in [0.15, 0.2) is 0 Å². The van der Waals surface area contributed by atoms with Gasteiger partial charge in [-0.25, -0.2) is 0 Å². The van der Waals surface area contributed by atoms with E-state index in [-0.39, 0.29) is 11.9 Å². The van der Waals surface area contributed by atoms with Gasteiger partial charge in [-0.15, -0.1) is 0 Å². The quantitative estimate of drug-likeness (QED) is 0.846. The second-order valence-electron chi connectivity index (χ2n) is 3.33. The van der Waals surface area contributed by atoms with Crippen molar-refractivity contribution >= 4 is 37.8 Å². The molecule has 1 N–H and O–H groups in total.